The number of carbonyl (C=O) groups is 1. The van der Waals surface area contributed by atoms with Crippen LogP contribution in [0.4, 0.5) is 0 Å². The Morgan fingerprint density at radius 2 is 2.15 bits per heavy atom. The van der Waals surface area contributed by atoms with Crippen LogP contribution in [0.3, 0.4) is 0 Å². The van der Waals surface area contributed by atoms with Crippen LogP contribution in [0.1, 0.15) is 26.7 Å². The highest BCUT2D eigenvalue weighted by Gasteiger charge is 1.98. The van der Waals surface area contributed by atoms with Gasteiger partial charge in [0, 0.05) is 32.0 Å². The molecule has 0 bridgehead atoms. The maximum Gasteiger partial charge on any atom is 0.220 e. The van der Waals surface area contributed by atoms with Crippen molar-refractivity contribution in [1.82, 2.24) is 10.6 Å². The normalized spacial score (nSPS) is 9.69. The van der Waals surface area contributed by atoms with Gasteiger partial charge in [0.05, 0.1) is 0 Å². The topological polar surface area (TPSA) is 41.1 Å². The molecule has 0 aromatic carbocycles. The standard InChI is InChI=1S/C10H18N2O/c1-4-5-6-10(13)12-8-7-11-9(2)3/h1,9,11H,5-8H2,2-3H3,(H,12,13). The first-order valence-electron chi connectivity index (χ1n) is 4.60. The van der Waals surface area contributed by atoms with E-state index in [1.54, 1.807) is 0 Å². The van der Waals surface area contributed by atoms with Gasteiger partial charge in [0.1, 0.15) is 0 Å². The van der Waals surface area contributed by atoms with Gasteiger partial charge in [-0.3, -0.25) is 4.79 Å². The molecule has 0 unspecified atom stereocenters. The second-order valence-corrected chi connectivity index (χ2v) is 3.16. The highest BCUT2D eigenvalue weighted by molar-refractivity contribution is 5.76. The Balaban J connectivity index is 3.23. The van der Waals surface area contributed by atoms with Crippen LogP contribution in [0.25, 0.3) is 0 Å². The van der Waals surface area contributed by atoms with Crippen LogP contribution in [0, 0.1) is 12.3 Å². The first-order chi connectivity index (χ1) is 6.16. The van der Waals surface area contributed by atoms with Crippen molar-refractivity contribution in [2.24, 2.45) is 0 Å². The molecule has 74 valence electrons. The van der Waals surface area contributed by atoms with E-state index in [1.807, 2.05) is 0 Å². The molecule has 1 amide bonds. The Kier molecular flexibility index (Phi) is 7.04. The van der Waals surface area contributed by atoms with Gasteiger partial charge in [0.25, 0.3) is 0 Å². The maximum absolute atomic E-state index is 11.0. The van der Waals surface area contributed by atoms with Gasteiger partial charge < -0.3 is 10.6 Å². The van der Waals surface area contributed by atoms with Crippen molar-refractivity contribution in [3.05, 3.63) is 0 Å². The summed E-state index contributed by atoms with van der Waals surface area (Å²) >= 11 is 0. The van der Waals surface area contributed by atoms with Crippen molar-refractivity contribution in [3.63, 3.8) is 0 Å². The quantitative estimate of drug-likeness (QED) is 0.464. The Labute approximate surface area is 80.3 Å². The molecule has 2 N–H and O–H groups in total. The van der Waals surface area contributed by atoms with E-state index in [9.17, 15) is 4.79 Å². The summed E-state index contributed by atoms with van der Waals surface area (Å²) in [5.41, 5.74) is 0. The predicted molar refractivity (Wildman–Crippen MR) is 54.2 cm³/mol. The molecule has 0 fully saturated rings. The number of nitrogens with one attached hydrogen (secondary N) is 2. The smallest absolute Gasteiger partial charge is 0.220 e. The molecule has 0 atom stereocenters. The first-order valence-corrected chi connectivity index (χ1v) is 4.60. The van der Waals surface area contributed by atoms with E-state index in [0.29, 0.717) is 25.4 Å². The molecule has 0 aliphatic heterocycles. The van der Waals surface area contributed by atoms with Crippen molar-refractivity contribution in [2.45, 2.75) is 32.7 Å². The second-order valence-electron chi connectivity index (χ2n) is 3.16. The lowest BCUT2D eigenvalue weighted by atomic mass is 10.3. The lowest BCUT2D eigenvalue weighted by Crippen LogP contribution is -2.34. The molecular weight excluding hydrogens is 164 g/mol. The largest absolute Gasteiger partial charge is 0.355 e. The van der Waals surface area contributed by atoms with Gasteiger partial charge in [0.2, 0.25) is 5.91 Å². The fourth-order valence-corrected chi connectivity index (χ4v) is 0.837. The zero-order chi connectivity index (χ0) is 10.1. The van der Waals surface area contributed by atoms with Crippen molar-refractivity contribution < 1.29 is 4.79 Å². The molecule has 0 radical (unpaired) electrons. The lowest BCUT2D eigenvalue weighted by Gasteiger charge is -2.08. The van der Waals surface area contributed by atoms with Crippen LogP contribution in [-0.2, 0) is 4.79 Å². The summed E-state index contributed by atoms with van der Waals surface area (Å²) in [6.07, 6.45) is 5.98. The molecule has 0 aromatic rings. The number of terminal acetylenes is 1. The van der Waals surface area contributed by atoms with Gasteiger partial charge in [-0.05, 0) is 0 Å². The molecule has 0 heterocycles. The summed E-state index contributed by atoms with van der Waals surface area (Å²) in [7, 11) is 0. The van der Waals surface area contributed by atoms with E-state index in [2.05, 4.69) is 30.4 Å². The molecule has 0 aliphatic carbocycles. The lowest BCUT2D eigenvalue weighted by molar-refractivity contribution is -0.120. The number of amides is 1. The van der Waals surface area contributed by atoms with Crippen molar-refractivity contribution >= 4 is 5.91 Å². The molecule has 3 heteroatoms. The second kappa shape index (κ2) is 7.63. The molecule has 0 saturated heterocycles. The fraction of sp³-hybridized carbons (Fsp3) is 0.700. The maximum atomic E-state index is 11.0. The summed E-state index contributed by atoms with van der Waals surface area (Å²) in [4.78, 5) is 11.0. The Morgan fingerprint density at radius 1 is 1.46 bits per heavy atom. The van der Waals surface area contributed by atoms with Crippen molar-refractivity contribution in [3.8, 4) is 12.3 Å². The third-order valence-electron chi connectivity index (χ3n) is 1.50. The van der Waals surface area contributed by atoms with E-state index >= 15 is 0 Å². The molecule has 0 aromatic heterocycles. The van der Waals surface area contributed by atoms with Crippen LogP contribution in [-0.4, -0.2) is 25.0 Å². The Morgan fingerprint density at radius 3 is 2.69 bits per heavy atom. The van der Waals surface area contributed by atoms with Crippen LogP contribution < -0.4 is 10.6 Å². The summed E-state index contributed by atoms with van der Waals surface area (Å²) in [5.74, 6) is 2.46. The SMILES string of the molecule is C#CCCC(=O)NCCNC(C)C. The van der Waals surface area contributed by atoms with E-state index in [1.165, 1.54) is 0 Å². The summed E-state index contributed by atoms with van der Waals surface area (Å²) in [6.45, 7) is 5.61. The Bertz CT molecular complexity index is 182. The zero-order valence-electron chi connectivity index (χ0n) is 8.39. The predicted octanol–water partition coefficient (Wildman–Crippen LogP) is 0.514. The van der Waals surface area contributed by atoms with Crippen LogP contribution in [0.5, 0.6) is 0 Å². The van der Waals surface area contributed by atoms with E-state index < -0.39 is 0 Å². The van der Waals surface area contributed by atoms with Crippen LogP contribution in [0.15, 0.2) is 0 Å². The van der Waals surface area contributed by atoms with Crippen molar-refractivity contribution in [2.75, 3.05) is 13.1 Å². The first kappa shape index (κ1) is 12.0. The van der Waals surface area contributed by atoms with Gasteiger partial charge in [-0.2, -0.15) is 0 Å². The minimum absolute atomic E-state index is 0.0310. The van der Waals surface area contributed by atoms with Crippen LogP contribution >= 0.6 is 0 Å². The monoisotopic (exact) mass is 182 g/mol. The zero-order valence-corrected chi connectivity index (χ0v) is 8.39. The summed E-state index contributed by atoms with van der Waals surface area (Å²) in [6, 6.07) is 0.461. The average molecular weight is 182 g/mol. The summed E-state index contributed by atoms with van der Waals surface area (Å²) < 4.78 is 0. The van der Waals surface area contributed by atoms with E-state index in [4.69, 9.17) is 6.42 Å². The molecule has 0 rings (SSSR count). The van der Waals surface area contributed by atoms with Gasteiger partial charge in [-0.1, -0.05) is 13.8 Å². The highest BCUT2D eigenvalue weighted by Crippen LogP contribution is 1.84. The van der Waals surface area contributed by atoms with E-state index in [0.717, 1.165) is 6.54 Å². The third kappa shape index (κ3) is 8.90. The molecule has 0 aliphatic rings. The number of carbonyl (C=O) groups excluding carboxylic acids is 1. The van der Waals surface area contributed by atoms with Crippen molar-refractivity contribution in [1.29, 1.82) is 0 Å². The number of hydrogen-bond donors (Lipinski definition) is 2. The van der Waals surface area contributed by atoms with Gasteiger partial charge in [-0.15, -0.1) is 12.3 Å². The van der Waals surface area contributed by atoms with E-state index in [-0.39, 0.29) is 5.91 Å². The van der Waals surface area contributed by atoms with Gasteiger partial charge >= 0.3 is 0 Å². The Hall–Kier alpha value is -1.01. The fourth-order valence-electron chi connectivity index (χ4n) is 0.837. The third-order valence-corrected chi connectivity index (χ3v) is 1.50. The van der Waals surface area contributed by atoms with Crippen LogP contribution in [0.2, 0.25) is 0 Å². The molecule has 0 saturated carbocycles. The summed E-state index contributed by atoms with van der Waals surface area (Å²) in [5, 5.41) is 5.98. The molecule has 0 spiro atoms. The number of hydrogen-bond acceptors (Lipinski definition) is 2. The van der Waals surface area contributed by atoms with Gasteiger partial charge in [-0.25, -0.2) is 0 Å². The molecule has 3 nitrogen and oxygen atoms in total. The molecular formula is C10H18N2O. The minimum atomic E-state index is 0.0310. The minimum Gasteiger partial charge on any atom is -0.355 e. The molecule has 13 heavy (non-hydrogen) atoms. The average Bonchev–Trinajstić information content (AvgIpc) is 2.08. The number of rotatable bonds is 6. The van der Waals surface area contributed by atoms with Gasteiger partial charge in [0.15, 0.2) is 0 Å². The highest BCUT2D eigenvalue weighted by atomic mass is 16.1.